The number of methoxy groups -OCH3 is 1. The number of hydrogen-bond acceptors (Lipinski definition) is 5. The molecule has 21 heavy (non-hydrogen) atoms. The minimum Gasteiger partial charge on any atom is -0.497 e. The number of hydrogen-bond donors (Lipinski definition) is 3. The molecule has 1 aliphatic rings. The van der Waals surface area contributed by atoms with Crippen molar-refractivity contribution in [2.75, 3.05) is 31.7 Å². The molecule has 1 aliphatic heterocycles. The molecule has 1 saturated heterocycles. The number of aliphatic hydroxyl groups is 1. The van der Waals surface area contributed by atoms with E-state index in [0.29, 0.717) is 12.2 Å². The highest BCUT2D eigenvalue weighted by Gasteiger charge is 2.17. The van der Waals surface area contributed by atoms with Gasteiger partial charge in [0.25, 0.3) is 0 Å². The molecule has 0 bridgehead atoms. The van der Waals surface area contributed by atoms with E-state index in [4.69, 9.17) is 4.74 Å². The minimum absolute atomic E-state index is 0.0306. The van der Waals surface area contributed by atoms with Crippen LogP contribution < -0.4 is 15.4 Å². The Hall–Kier alpha value is -1.24. The van der Waals surface area contributed by atoms with E-state index in [-0.39, 0.29) is 18.5 Å². The Kier molecular flexibility index (Phi) is 6.35. The van der Waals surface area contributed by atoms with Crippen LogP contribution >= 0.6 is 11.8 Å². The van der Waals surface area contributed by atoms with Gasteiger partial charge in [-0.25, -0.2) is 0 Å². The fourth-order valence-corrected chi connectivity index (χ4v) is 3.17. The number of aliphatic hydroxyl groups excluding tert-OH is 1. The molecular weight excluding hydrogens is 288 g/mol. The summed E-state index contributed by atoms with van der Waals surface area (Å²) >= 11 is 1.86. The SMILES string of the molecule is COc1cccc(C(O)CNC(=O)CC2CSCCN2)c1. The van der Waals surface area contributed by atoms with Crippen molar-refractivity contribution >= 4 is 17.7 Å². The maximum atomic E-state index is 11.9. The molecule has 0 spiro atoms. The van der Waals surface area contributed by atoms with E-state index in [9.17, 15) is 9.90 Å². The van der Waals surface area contributed by atoms with Gasteiger partial charge in [0.15, 0.2) is 0 Å². The maximum absolute atomic E-state index is 11.9. The van der Waals surface area contributed by atoms with Crippen molar-refractivity contribution in [2.24, 2.45) is 0 Å². The van der Waals surface area contributed by atoms with Gasteiger partial charge in [-0.15, -0.1) is 0 Å². The Morgan fingerprint density at radius 2 is 2.48 bits per heavy atom. The molecule has 116 valence electrons. The Balaban J connectivity index is 1.77. The molecule has 6 heteroatoms. The van der Waals surface area contributed by atoms with Crippen LogP contribution in [0.3, 0.4) is 0 Å². The summed E-state index contributed by atoms with van der Waals surface area (Å²) in [6.45, 7) is 1.17. The van der Waals surface area contributed by atoms with E-state index in [1.165, 1.54) is 0 Å². The topological polar surface area (TPSA) is 70.6 Å². The summed E-state index contributed by atoms with van der Waals surface area (Å²) in [7, 11) is 1.59. The molecule has 0 aromatic heterocycles. The van der Waals surface area contributed by atoms with Gasteiger partial charge < -0.3 is 20.5 Å². The Morgan fingerprint density at radius 3 is 3.19 bits per heavy atom. The molecule has 1 fully saturated rings. The second kappa shape index (κ2) is 8.26. The third kappa shape index (κ3) is 5.22. The summed E-state index contributed by atoms with van der Waals surface area (Å²) in [5.41, 5.74) is 0.737. The average molecular weight is 310 g/mol. The van der Waals surface area contributed by atoms with Crippen LogP contribution in [0.5, 0.6) is 5.75 Å². The quantitative estimate of drug-likeness (QED) is 0.729. The van der Waals surface area contributed by atoms with E-state index in [1.54, 1.807) is 13.2 Å². The lowest BCUT2D eigenvalue weighted by atomic mass is 10.1. The van der Waals surface area contributed by atoms with Gasteiger partial charge in [-0.2, -0.15) is 11.8 Å². The number of benzene rings is 1. The lowest BCUT2D eigenvalue weighted by molar-refractivity contribution is -0.121. The Bertz CT molecular complexity index is 464. The zero-order valence-corrected chi connectivity index (χ0v) is 13.0. The predicted molar refractivity (Wildman–Crippen MR) is 84.7 cm³/mol. The second-order valence-electron chi connectivity index (χ2n) is 5.03. The first-order valence-corrected chi connectivity index (χ1v) is 8.24. The molecule has 1 amide bonds. The van der Waals surface area contributed by atoms with Crippen LogP contribution in [0.2, 0.25) is 0 Å². The van der Waals surface area contributed by atoms with Gasteiger partial charge in [0.2, 0.25) is 5.91 Å². The van der Waals surface area contributed by atoms with Crippen LogP contribution in [0, 0.1) is 0 Å². The molecule has 1 aromatic carbocycles. The van der Waals surface area contributed by atoms with E-state index in [1.807, 2.05) is 30.0 Å². The number of thioether (sulfide) groups is 1. The van der Waals surface area contributed by atoms with Gasteiger partial charge in [0.05, 0.1) is 13.2 Å². The third-order valence-corrected chi connectivity index (χ3v) is 4.53. The monoisotopic (exact) mass is 310 g/mol. The standard InChI is InChI=1S/C15H22N2O3S/c1-20-13-4-2-3-11(7-13)14(18)9-17-15(19)8-12-10-21-6-5-16-12/h2-4,7,12,14,16,18H,5-6,8-10H2,1H3,(H,17,19). The average Bonchev–Trinajstić information content (AvgIpc) is 2.53. The van der Waals surface area contributed by atoms with Crippen LogP contribution in [0.15, 0.2) is 24.3 Å². The zero-order chi connectivity index (χ0) is 15.1. The molecule has 1 aromatic rings. The molecule has 5 nitrogen and oxygen atoms in total. The molecular formula is C15H22N2O3S. The molecule has 0 aliphatic carbocycles. The summed E-state index contributed by atoms with van der Waals surface area (Å²) in [4.78, 5) is 11.9. The van der Waals surface area contributed by atoms with Crippen LogP contribution in [0.1, 0.15) is 18.1 Å². The van der Waals surface area contributed by atoms with Crippen molar-refractivity contribution in [3.05, 3.63) is 29.8 Å². The highest BCUT2D eigenvalue weighted by atomic mass is 32.2. The largest absolute Gasteiger partial charge is 0.497 e. The minimum atomic E-state index is -0.724. The van der Waals surface area contributed by atoms with Crippen LogP contribution in [0.4, 0.5) is 0 Å². The lowest BCUT2D eigenvalue weighted by Crippen LogP contribution is -2.41. The smallest absolute Gasteiger partial charge is 0.221 e. The van der Waals surface area contributed by atoms with Gasteiger partial charge in [-0.05, 0) is 17.7 Å². The molecule has 1 heterocycles. The normalized spacial score (nSPS) is 19.8. The number of nitrogens with one attached hydrogen (secondary N) is 2. The molecule has 2 unspecified atom stereocenters. The number of carbonyl (C=O) groups is 1. The van der Waals surface area contributed by atoms with Crippen LogP contribution in [-0.4, -0.2) is 48.8 Å². The van der Waals surface area contributed by atoms with Crippen molar-refractivity contribution in [1.82, 2.24) is 10.6 Å². The fourth-order valence-electron chi connectivity index (χ4n) is 2.22. The van der Waals surface area contributed by atoms with E-state index >= 15 is 0 Å². The number of carbonyl (C=O) groups excluding carboxylic acids is 1. The fraction of sp³-hybridized carbons (Fsp3) is 0.533. The molecule has 0 radical (unpaired) electrons. The van der Waals surface area contributed by atoms with Gasteiger partial charge in [-0.1, -0.05) is 12.1 Å². The lowest BCUT2D eigenvalue weighted by Gasteiger charge is -2.22. The second-order valence-corrected chi connectivity index (χ2v) is 6.18. The zero-order valence-electron chi connectivity index (χ0n) is 12.2. The van der Waals surface area contributed by atoms with Crippen molar-refractivity contribution in [1.29, 1.82) is 0 Å². The summed E-state index contributed by atoms with van der Waals surface area (Å²) in [5, 5.41) is 16.2. The molecule has 2 rings (SSSR count). The van der Waals surface area contributed by atoms with Crippen molar-refractivity contribution < 1.29 is 14.6 Å². The third-order valence-electron chi connectivity index (χ3n) is 3.40. The Morgan fingerprint density at radius 1 is 1.62 bits per heavy atom. The molecule has 2 atom stereocenters. The molecule has 0 saturated carbocycles. The van der Waals surface area contributed by atoms with E-state index in [2.05, 4.69) is 10.6 Å². The number of rotatable bonds is 6. The highest BCUT2D eigenvalue weighted by Crippen LogP contribution is 2.18. The summed E-state index contributed by atoms with van der Waals surface area (Å²) < 4.78 is 5.12. The summed E-state index contributed by atoms with van der Waals surface area (Å²) in [6, 6.07) is 7.47. The first kappa shape index (κ1) is 16.1. The maximum Gasteiger partial charge on any atom is 0.221 e. The van der Waals surface area contributed by atoms with E-state index in [0.717, 1.165) is 23.6 Å². The van der Waals surface area contributed by atoms with Gasteiger partial charge in [0, 0.05) is 37.1 Å². The van der Waals surface area contributed by atoms with Crippen LogP contribution in [0.25, 0.3) is 0 Å². The molecule has 3 N–H and O–H groups in total. The van der Waals surface area contributed by atoms with Gasteiger partial charge >= 0.3 is 0 Å². The van der Waals surface area contributed by atoms with E-state index < -0.39 is 6.10 Å². The van der Waals surface area contributed by atoms with Crippen molar-refractivity contribution in [3.8, 4) is 5.75 Å². The van der Waals surface area contributed by atoms with Crippen molar-refractivity contribution in [2.45, 2.75) is 18.6 Å². The first-order chi connectivity index (χ1) is 10.2. The van der Waals surface area contributed by atoms with Gasteiger partial charge in [0.1, 0.15) is 5.75 Å². The highest BCUT2D eigenvalue weighted by molar-refractivity contribution is 7.99. The predicted octanol–water partition coefficient (Wildman–Crippen LogP) is 0.940. The number of amides is 1. The summed E-state index contributed by atoms with van der Waals surface area (Å²) in [6.07, 6.45) is -0.268. The van der Waals surface area contributed by atoms with Gasteiger partial charge in [-0.3, -0.25) is 4.79 Å². The Labute approximate surface area is 129 Å². The van der Waals surface area contributed by atoms with Crippen LogP contribution in [-0.2, 0) is 4.79 Å². The first-order valence-electron chi connectivity index (χ1n) is 7.09. The number of ether oxygens (including phenoxy) is 1. The summed E-state index contributed by atoms with van der Waals surface area (Å²) in [5.74, 6) is 2.73. The van der Waals surface area contributed by atoms with Crippen molar-refractivity contribution in [3.63, 3.8) is 0 Å².